The third-order valence-corrected chi connectivity index (χ3v) is 8.33. The van der Waals surface area contributed by atoms with Gasteiger partial charge < -0.3 is 9.32 Å². The van der Waals surface area contributed by atoms with Crippen molar-refractivity contribution in [2.24, 2.45) is 16.8 Å². The number of likely N-dealkylation sites (tertiary alicyclic amines) is 1. The summed E-state index contributed by atoms with van der Waals surface area (Å²) in [6.07, 6.45) is 4.61. The average Bonchev–Trinajstić information content (AvgIpc) is 3.79. The molecule has 37 heavy (non-hydrogen) atoms. The van der Waals surface area contributed by atoms with E-state index in [0.717, 1.165) is 78.7 Å². The first-order valence-corrected chi connectivity index (χ1v) is 13.2. The molecule has 2 aromatic carbocycles. The molecule has 186 valence electrons. The molecule has 3 fully saturated rings. The number of carbonyl (C=O) groups is 2. The maximum absolute atomic E-state index is 13.4. The number of rotatable bonds is 5. The molecule has 2 amide bonds. The highest BCUT2D eigenvalue weighted by Crippen LogP contribution is 2.46. The lowest BCUT2D eigenvalue weighted by Crippen LogP contribution is -2.41. The van der Waals surface area contributed by atoms with Gasteiger partial charge in [-0.1, -0.05) is 24.3 Å². The van der Waals surface area contributed by atoms with Crippen LogP contribution in [0.4, 0.5) is 0 Å². The van der Waals surface area contributed by atoms with Crippen LogP contribution in [-0.4, -0.2) is 52.6 Å². The van der Waals surface area contributed by atoms with Gasteiger partial charge >= 0.3 is 0 Å². The number of hydrogen-bond acceptors (Lipinski definition) is 5. The molecule has 2 saturated carbocycles. The number of aryl methyl sites for hydroxylation is 1. The molecule has 3 heterocycles. The third-order valence-electron chi connectivity index (χ3n) is 8.33. The van der Waals surface area contributed by atoms with E-state index >= 15 is 0 Å². The molecule has 7 rings (SSSR count). The van der Waals surface area contributed by atoms with Crippen LogP contribution in [0.3, 0.4) is 0 Å². The molecule has 1 unspecified atom stereocenters. The second kappa shape index (κ2) is 8.04. The van der Waals surface area contributed by atoms with Crippen LogP contribution in [0.1, 0.15) is 49.0 Å². The average molecular weight is 493 g/mol. The van der Waals surface area contributed by atoms with Gasteiger partial charge in [0.05, 0.1) is 0 Å². The Bertz CT molecular complexity index is 1540. The number of amides is 2. The molecule has 7 nitrogen and oxygen atoms in total. The summed E-state index contributed by atoms with van der Waals surface area (Å²) in [6, 6.07) is 16.0. The van der Waals surface area contributed by atoms with Gasteiger partial charge in [0.15, 0.2) is 0 Å². The molecule has 2 aliphatic carbocycles. The summed E-state index contributed by atoms with van der Waals surface area (Å²) in [5.41, 5.74) is 4.29. The van der Waals surface area contributed by atoms with E-state index in [1.54, 1.807) is 6.07 Å². The number of nitrogens with zero attached hydrogens (tertiary/aromatic N) is 4. The lowest BCUT2D eigenvalue weighted by atomic mass is 9.98. The first kappa shape index (κ1) is 22.3. The summed E-state index contributed by atoms with van der Waals surface area (Å²) in [4.78, 5) is 34.9. The number of fused-ring (bicyclic) bond motifs is 1. The summed E-state index contributed by atoms with van der Waals surface area (Å²) in [6.45, 7) is 4.22. The largest absolute Gasteiger partial charge is 0.446 e. The number of nitriles is 1. The quantitative estimate of drug-likeness (QED) is 0.518. The second-order valence-electron chi connectivity index (χ2n) is 11.1. The van der Waals surface area contributed by atoms with Crippen LogP contribution >= 0.6 is 0 Å². The Morgan fingerprint density at radius 3 is 2.65 bits per heavy atom. The lowest BCUT2D eigenvalue weighted by molar-refractivity contribution is -0.131. The zero-order chi connectivity index (χ0) is 25.3. The van der Waals surface area contributed by atoms with Crippen LogP contribution in [0, 0.1) is 30.1 Å². The summed E-state index contributed by atoms with van der Waals surface area (Å²) >= 11 is 0. The highest BCUT2D eigenvalue weighted by Gasteiger charge is 2.57. The molecule has 0 bridgehead atoms. The van der Waals surface area contributed by atoms with Crippen molar-refractivity contribution in [2.75, 3.05) is 19.6 Å². The summed E-state index contributed by atoms with van der Waals surface area (Å²) < 4.78 is 5.52. The third kappa shape index (κ3) is 3.74. The standard InChI is InChI=1S/C30H28N4O3/c1-18-12-21(22-5-7-26-23(13-22)14-24(15-31)37-26)4-6-25(18)27-32-30(9-10-30)29(36)34(27)17-19-8-11-33(16-19)28(35)20-2-3-20/h4-7,12-14,19-20H,2-3,8-11,16-17H2,1H3. The number of hydrogen-bond donors (Lipinski definition) is 0. The van der Waals surface area contributed by atoms with E-state index in [1.807, 2.05) is 28.0 Å². The van der Waals surface area contributed by atoms with Gasteiger partial charge in [-0.15, -0.1) is 0 Å². The van der Waals surface area contributed by atoms with Crippen LogP contribution in [-0.2, 0) is 9.59 Å². The van der Waals surface area contributed by atoms with E-state index in [9.17, 15) is 9.59 Å². The van der Waals surface area contributed by atoms with E-state index in [4.69, 9.17) is 14.7 Å². The van der Waals surface area contributed by atoms with E-state index in [2.05, 4.69) is 31.2 Å². The van der Waals surface area contributed by atoms with Gasteiger partial charge in [0.1, 0.15) is 23.0 Å². The first-order chi connectivity index (χ1) is 17.9. The maximum Gasteiger partial charge on any atom is 0.256 e. The maximum atomic E-state index is 13.4. The second-order valence-corrected chi connectivity index (χ2v) is 11.1. The van der Waals surface area contributed by atoms with Crippen molar-refractivity contribution < 1.29 is 14.0 Å². The van der Waals surface area contributed by atoms with Crippen molar-refractivity contribution in [1.82, 2.24) is 9.80 Å². The van der Waals surface area contributed by atoms with Crippen LogP contribution in [0.15, 0.2) is 51.9 Å². The molecular weight excluding hydrogens is 464 g/mol. The van der Waals surface area contributed by atoms with E-state index in [0.29, 0.717) is 23.8 Å². The van der Waals surface area contributed by atoms with Crippen molar-refractivity contribution in [3.05, 3.63) is 59.4 Å². The van der Waals surface area contributed by atoms with Gasteiger partial charge in [0, 0.05) is 42.6 Å². The van der Waals surface area contributed by atoms with Crippen molar-refractivity contribution in [3.8, 4) is 17.2 Å². The molecular formula is C30H28N4O3. The zero-order valence-electron chi connectivity index (χ0n) is 20.9. The SMILES string of the molecule is Cc1cc(-c2ccc3oc(C#N)cc3c2)ccc1C1=NC2(CC2)C(=O)N1CC1CCN(C(=O)C2CC2)C1. The minimum atomic E-state index is -0.562. The highest BCUT2D eigenvalue weighted by atomic mass is 16.3. The molecule has 7 heteroatoms. The molecule has 0 radical (unpaired) electrons. The van der Waals surface area contributed by atoms with Crippen LogP contribution in [0.5, 0.6) is 0 Å². The van der Waals surface area contributed by atoms with Gasteiger partial charge in [-0.05, 0) is 73.8 Å². The Labute approximate surface area is 215 Å². The smallest absolute Gasteiger partial charge is 0.256 e. The van der Waals surface area contributed by atoms with E-state index in [1.165, 1.54) is 0 Å². The molecule has 2 aliphatic heterocycles. The number of carbonyl (C=O) groups excluding carboxylic acids is 2. The van der Waals surface area contributed by atoms with Gasteiger partial charge in [-0.3, -0.25) is 19.5 Å². The Balaban J connectivity index is 1.15. The predicted octanol–water partition coefficient (Wildman–Crippen LogP) is 4.66. The molecule has 0 N–H and O–H groups in total. The van der Waals surface area contributed by atoms with Crippen LogP contribution in [0.2, 0.25) is 0 Å². The number of aliphatic imine (C=N–C) groups is 1. The molecule has 1 atom stereocenters. The Kier molecular flexibility index (Phi) is 4.84. The minimum Gasteiger partial charge on any atom is -0.446 e. The fourth-order valence-electron chi connectivity index (χ4n) is 5.88. The van der Waals surface area contributed by atoms with Crippen molar-refractivity contribution in [2.45, 2.75) is 44.6 Å². The van der Waals surface area contributed by atoms with Gasteiger partial charge in [0.25, 0.3) is 5.91 Å². The summed E-state index contributed by atoms with van der Waals surface area (Å²) in [7, 11) is 0. The molecule has 4 aliphatic rings. The minimum absolute atomic E-state index is 0.122. The van der Waals surface area contributed by atoms with Gasteiger partial charge in [-0.2, -0.15) is 5.26 Å². The Hall–Kier alpha value is -3.92. The Morgan fingerprint density at radius 1 is 1.14 bits per heavy atom. The fraction of sp³-hybridized carbons (Fsp3) is 0.400. The first-order valence-electron chi connectivity index (χ1n) is 13.2. The van der Waals surface area contributed by atoms with Crippen LogP contribution < -0.4 is 0 Å². The molecule has 1 aromatic heterocycles. The highest BCUT2D eigenvalue weighted by molar-refractivity contribution is 6.17. The molecule has 3 aromatic rings. The molecule has 1 spiro atoms. The van der Waals surface area contributed by atoms with Crippen LogP contribution in [0.25, 0.3) is 22.1 Å². The number of benzene rings is 2. The number of furan rings is 1. The van der Waals surface area contributed by atoms with E-state index < -0.39 is 5.54 Å². The van der Waals surface area contributed by atoms with Crippen molar-refractivity contribution >= 4 is 28.6 Å². The monoisotopic (exact) mass is 492 g/mol. The zero-order valence-corrected chi connectivity index (χ0v) is 20.9. The Morgan fingerprint density at radius 2 is 1.92 bits per heavy atom. The predicted molar refractivity (Wildman–Crippen MR) is 139 cm³/mol. The van der Waals surface area contributed by atoms with Crippen molar-refractivity contribution in [1.29, 1.82) is 5.26 Å². The van der Waals surface area contributed by atoms with Gasteiger partial charge in [-0.25, -0.2) is 0 Å². The molecule has 1 saturated heterocycles. The topological polar surface area (TPSA) is 89.9 Å². The van der Waals surface area contributed by atoms with Gasteiger partial charge in [0.2, 0.25) is 11.7 Å². The van der Waals surface area contributed by atoms with E-state index in [-0.39, 0.29) is 17.7 Å². The fourth-order valence-corrected chi connectivity index (χ4v) is 5.88. The normalized spacial score (nSPS) is 22.1. The summed E-state index contributed by atoms with van der Waals surface area (Å²) in [5, 5.41) is 10.0. The number of amidine groups is 1. The lowest BCUT2D eigenvalue weighted by Gasteiger charge is -2.24. The summed E-state index contributed by atoms with van der Waals surface area (Å²) in [5.74, 6) is 2.03. The van der Waals surface area contributed by atoms with Crippen molar-refractivity contribution in [3.63, 3.8) is 0 Å².